The summed E-state index contributed by atoms with van der Waals surface area (Å²) in [6, 6.07) is 5.90. The molecule has 2 N–H and O–H groups in total. The number of anilines is 1. The zero-order valence-electron chi connectivity index (χ0n) is 10.2. The van der Waals surface area contributed by atoms with Crippen molar-refractivity contribution in [3.8, 4) is 0 Å². The molecular weight excluding hydrogens is 198 g/mol. The van der Waals surface area contributed by atoms with E-state index in [1.54, 1.807) is 0 Å². The molecule has 0 spiro atoms. The van der Waals surface area contributed by atoms with Crippen molar-refractivity contribution >= 4 is 16.7 Å². The third kappa shape index (κ3) is 2.03. The Labute approximate surface area is 96.3 Å². The Morgan fingerprint density at radius 1 is 1.38 bits per heavy atom. The summed E-state index contributed by atoms with van der Waals surface area (Å²) in [5.74, 6) is 0. The highest BCUT2D eigenvalue weighted by Crippen LogP contribution is 2.25. The molecule has 2 aromatic rings. The number of imidazole rings is 1. The Bertz CT molecular complexity index is 497. The fourth-order valence-electron chi connectivity index (χ4n) is 1.78. The third-order valence-electron chi connectivity index (χ3n) is 3.20. The van der Waals surface area contributed by atoms with Gasteiger partial charge in [0.1, 0.15) is 0 Å². The van der Waals surface area contributed by atoms with Gasteiger partial charge in [-0.25, -0.2) is 4.98 Å². The number of rotatable bonds is 3. The quantitative estimate of drug-likeness (QED) is 0.803. The lowest BCUT2D eigenvalue weighted by atomic mass is 9.90. The molecule has 0 atom stereocenters. The first-order valence-corrected chi connectivity index (χ1v) is 5.72. The number of nitrogen functional groups attached to an aromatic ring is 1. The van der Waals surface area contributed by atoms with Gasteiger partial charge < -0.3 is 10.3 Å². The third-order valence-corrected chi connectivity index (χ3v) is 3.20. The SMILES string of the molecule is CCC(C)(C)Cn1cnc2cc(N)ccc21. The topological polar surface area (TPSA) is 43.8 Å². The second-order valence-corrected chi connectivity index (χ2v) is 5.14. The van der Waals surface area contributed by atoms with Gasteiger partial charge in [0.25, 0.3) is 0 Å². The van der Waals surface area contributed by atoms with Crippen molar-refractivity contribution in [3.63, 3.8) is 0 Å². The first-order valence-electron chi connectivity index (χ1n) is 5.72. The highest BCUT2D eigenvalue weighted by Gasteiger charge is 2.16. The summed E-state index contributed by atoms with van der Waals surface area (Å²) in [7, 11) is 0. The van der Waals surface area contributed by atoms with Crippen LogP contribution in [0.5, 0.6) is 0 Å². The molecule has 0 saturated heterocycles. The van der Waals surface area contributed by atoms with E-state index >= 15 is 0 Å². The molecule has 86 valence electrons. The van der Waals surface area contributed by atoms with Crippen LogP contribution in [-0.2, 0) is 6.54 Å². The van der Waals surface area contributed by atoms with Crippen LogP contribution >= 0.6 is 0 Å². The number of benzene rings is 1. The molecule has 16 heavy (non-hydrogen) atoms. The Morgan fingerprint density at radius 3 is 2.81 bits per heavy atom. The van der Waals surface area contributed by atoms with Gasteiger partial charge in [-0.2, -0.15) is 0 Å². The maximum absolute atomic E-state index is 5.74. The van der Waals surface area contributed by atoms with Crippen LogP contribution in [0.15, 0.2) is 24.5 Å². The first-order chi connectivity index (χ1) is 7.52. The minimum absolute atomic E-state index is 0.301. The molecule has 0 saturated carbocycles. The van der Waals surface area contributed by atoms with Crippen LogP contribution in [0.25, 0.3) is 11.0 Å². The smallest absolute Gasteiger partial charge is 0.0958 e. The number of nitrogens with two attached hydrogens (primary N) is 1. The highest BCUT2D eigenvalue weighted by atomic mass is 15.0. The second-order valence-electron chi connectivity index (χ2n) is 5.14. The molecule has 0 unspecified atom stereocenters. The van der Waals surface area contributed by atoms with Crippen molar-refractivity contribution < 1.29 is 0 Å². The maximum atomic E-state index is 5.74. The average molecular weight is 217 g/mol. The average Bonchev–Trinajstić information content (AvgIpc) is 2.60. The maximum Gasteiger partial charge on any atom is 0.0958 e. The summed E-state index contributed by atoms with van der Waals surface area (Å²) < 4.78 is 2.21. The standard InChI is InChI=1S/C13H19N3/c1-4-13(2,3)8-16-9-15-11-7-10(14)5-6-12(11)16/h5-7,9H,4,8,14H2,1-3H3. The molecule has 0 bridgehead atoms. The number of hydrogen-bond donors (Lipinski definition) is 1. The molecule has 3 heteroatoms. The molecule has 1 aromatic carbocycles. The van der Waals surface area contributed by atoms with E-state index < -0.39 is 0 Å². The van der Waals surface area contributed by atoms with Crippen molar-refractivity contribution in [1.82, 2.24) is 9.55 Å². The fourth-order valence-corrected chi connectivity index (χ4v) is 1.78. The summed E-state index contributed by atoms with van der Waals surface area (Å²) >= 11 is 0. The summed E-state index contributed by atoms with van der Waals surface area (Å²) in [6.45, 7) is 7.76. The lowest BCUT2D eigenvalue weighted by Crippen LogP contribution is -2.17. The normalized spacial score (nSPS) is 12.2. The molecule has 0 aliphatic carbocycles. The van der Waals surface area contributed by atoms with Crippen LogP contribution in [0.2, 0.25) is 0 Å². The minimum atomic E-state index is 0.301. The van der Waals surface area contributed by atoms with E-state index in [2.05, 4.69) is 30.3 Å². The Balaban J connectivity index is 2.39. The van der Waals surface area contributed by atoms with Gasteiger partial charge >= 0.3 is 0 Å². The number of hydrogen-bond acceptors (Lipinski definition) is 2. The van der Waals surface area contributed by atoms with Gasteiger partial charge in [0.15, 0.2) is 0 Å². The van der Waals surface area contributed by atoms with E-state index in [1.165, 1.54) is 0 Å². The predicted octanol–water partition coefficient (Wildman–Crippen LogP) is 3.05. The zero-order valence-corrected chi connectivity index (χ0v) is 10.2. The molecule has 2 rings (SSSR count). The molecule has 1 aromatic heterocycles. The molecule has 1 heterocycles. The van der Waals surface area contributed by atoms with Gasteiger partial charge in [0.05, 0.1) is 17.4 Å². The molecule has 0 aliphatic rings. The molecule has 0 radical (unpaired) electrons. The van der Waals surface area contributed by atoms with Crippen LogP contribution in [0.1, 0.15) is 27.2 Å². The van der Waals surface area contributed by atoms with Gasteiger partial charge in [-0.15, -0.1) is 0 Å². The lowest BCUT2D eigenvalue weighted by molar-refractivity contribution is 0.298. The minimum Gasteiger partial charge on any atom is -0.399 e. The molecule has 0 amide bonds. The molecule has 3 nitrogen and oxygen atoms in total. The van der Waals surface area contributed by atoms with Crippen molar-refractivity contribution in [2.24, 2.45) is 5.41 Å². The molecule has 0 fully saturated rings. The van der Waals surface area contributed by atoms with Crippen molar-refractivity contribution in [3.05, 3.63) is 24.5 Å². The van der Waals surface area contributed by atoms with Crippen molar-refractivity contribution in [2.75, 3.05) is 5.73 Å². The van der Waals surface area contributed by atoms with Crippen LogP contribution in [-0.4, -0.2) is 9.55 Å². The Morgan fingerprint density at radius 2 is 2.12 bits per heavy atom. The van der Waals surface area contributed by atoms with Crippen molar-refractivity contribution in [2.45, 2.75) is 33.7 Å². The van der Waals surface area contributed by atoms with Gasteiger partial charge in [0, 0.05) is 12.2 Å². The van der Waals surface area contributed by atoms with Gasteiger partial charge in [-0.3, -0.25) is 0 Å². The highest BCUT2D eigenvalue weighted by molar-refractivity contribution is 5.78. The molecule has 0 aliphatic heterocycles. The Kier molecular flexibility index (Phi) is 2.62. The summed E-state index contributed by atoms with van der Waals surface area (Å²) in [5, 5.41) is 0. The fraction of sp³-hybridized carbons (Fsp3) is 0.462. The van der Waals surface area contributed by atoms with E-state index in [9.17, 15) is 0 Å². The zero-order chi connectivity index (χ0) is 11.8. The summed E-state index contributed by atoms with van der Waals surface area (Å²) in [6.07, 6.45) is 3.06. The number of nitrogens with zero attached hydrogens (tertiary/aromatic N) is 2. The predicted molar refractivity (Wildman–Crippen MR) is 68.2 cm³/mol. The van der Waals surface area contributed by atoms with Gasteiger partial charge in [-0.1, -0.05) is 20.8 Å². The van der Waals surface area contributed by atoms with Crippen LogP contribution < -0.4 is 5.73 Å². The van der Waals surface area contributed by atoms with Crippen molar-refractivity contribution in [1.29, 1.82) is 0 Å². The second kappa shape index (κ2) is 3.81. The van der Waals surface area contributed by atoms with E-state index in [0.29, 0.717) is 5.41 Å². The largest absolute Gasteiger partial charge is 0.399 e. The van der Waals surface area contributed by atoms with Crippen LogP contribution in [0.4, 0.5) is 5.69 Å². The van der Waals surface area contributed by atoms with E-state index in [0.717, 1.165) is 29.7 Å². The number of fused-ring (bicyclic) bond motifs is 1. The summed E-state index contributed by atoms with van der Waals surface area (Å²) in [5.41, 5.74) is 8.95. The Hall–Kier alpha value is -1.51. The van der Waals surface area contributed by atoms with E-state index in [1.807, 2.05) is 24.5 Å². The monoisotopic (exact) mass is 217 g/mol. The van der Waals surface area contributed by atoms with E-state index in [-0.39, 0.29) is 0 Å². The summed E-state index contributed by atoms with van der Waals surface area (Å²) in [4.78, 5) is 4.38. The first kappa shape index (κ1) is 11.0. The lowest BCUT2D eigenvalue weighted by Gasteiger charge is -2.23. The number of aromatic nitrogens is 2. The van der Waals surface area contributed by atoms with Crippen LogP contribution in [0, 0.1) is 5.41 Å². The van der Waals surface area contributed by atoms with Gasteiger partial charge in [-0.05, 0) is 30.0 Å². The van der Waals surface area contributed by atoms with Gasteiger partial charge in [0.2, 0.25) is 0 Å². The molecular formula is C13H19N3. The van der Waals surface area contributed by atoms with E-state index in [4.69, 9.17) is 5.73 Å². The van der Waals surface area contributed by atoms with Crippen LogP contribution in [0.3, 0.4) is 0 Å².